The van der Waals surface area contributed by atoms with E-state index in [0.29, 0.717) is 38.9 Å². The minimum absolute atomic E-state index is 0.196. The van der Waals surface area contributed by atoms with Crippen LogP contribution in [-0.4, -0.2) is 24.8 Å². The Balaban J connectivity index is 1.79. The van der Waals surface area contributed by atoms with Crippen LogP contribution in [0.25, 0.3) is 6.08 Å². The summed E-state index contributed by atoms with van der Waals surface area (Å²) < 4.78 is 10.9. The van der Waals surface area contributed by atoms with Gasteiger partial charge < -0.3 is 14.8 Å². The fraction of sp³-hybridized carbons (Fsp3) is 0.100. The number of hydrogen-bond donors (Lipinski definition) is 1. The van der Waals surface area contributed by atoms with Gasteiger partial charge in [0.2, 0.25) is 0 Å². The molecule has 1 fully saturated rings. The second-order valence-corrected chi connectivity index (χ2v) is 6.94. The molecule has 2 aromatic carbocycles. The lowest BCUT2D eigenvalue weighted by Gasteiger charge is -2.09. The van der Waals surface area contributed by atoms with Gasteiger partial charge in [-0.1, -0.05) is 30.3 Å². The summed E-state index contributed by atoms with van der Waals surface area (Å²) in [5.41, 5.74) is 1.54. The highest BCUT2D eigenvalue weighted by Crippen LogP contribution is 2.32. The topological polar surface area (TPSA) is 59.9 Å². The number of nitrogens with one attached hydrogen (secondary N) is 1. The Morgan fingerprint density at radius 2 is 2.00 bits per heavy atom. The van der Waals surface area contributed by atoms with Gasteiger partial charge in [-0.05, 0) is 59.8 Å². The van der Waals surface area contributed by atoms with E-state index in [4.69, 9.17) is 21.1 Å². The van der Waals surface area contributed by atoms with Crippen LogP contribution in [-0.2, 0) is 4.79 Å². The van der Waals surface area contributed by atoms with Gasteiger partial charge in [-0.2, -0.15) is 0 Å². The van der Waals surface area contributed by atoms with Crippen LogP contribution in [0, 0.1) is 0 Å². The predicted molar refractivity (Wildman–Crippen MR) is 111 cm³/mol. The van der Waals surface area contributed by atoms with Gasteiger partial charge in [0.1, 0.15) is 6.61 Å². The molecule has 0 unspecified atom stereocenters. The summed E-state index contributed by atoms with van der Waals surface area (Å²) in [6.45, 7) is 4.02. The molecule has 0 atom stereocenters. The number of amidine groups is 1. The number of nitrogens with zero attached hydrogens (tertiary/aromatic N) is 1. The first-order valence-electron chi connectivity index (χ1n) is 8.06. The zero-order chi connectivity index (χ0) is 19.2. The maximum atomic E-state index is 12.2. The summed E-state index contributed by atoms with van der Waals surface area (Å²) in [5.74, 6) is 1.01. The maximum absolute atomic E-state index is 12.2. The van der Waals surface area contributed by atoms with Gasteiger partial charge in [0.15, 0.2) is 16.7 Å². The second kappa shape index (κ2) is 8.79. The van der Waals surface area contributed by atoms with Crippen LogP contribution in [0.2, 0.25) is 5.02 Å². The molecule has 5 nitrogen and oxygen atoms in total. The predicted octanol–water partition coefficient (Wildman–Crippen LogP) is 4.81. The molecular weight excluding hydrogens is 384 g/mol. The van der Waals surface area contributed by atoms with Crippen molar-refractivity contribution in [1.29, 1.82) is 0 Å². The van der Waals surface area contributed by atoms with E-state index in [2.05, 4.69) is 16.9 Å². The fourth-order valence-electron chi connectivity index (χ4n) is 2.31. The minimum Gasteiger partial charge on any atom is -0.493 e. The third-order valence-electron chi connectivity index (χ3n) is 3.55. The number of ether oxygens (including phenoxy) is 2. The summed E-state index contributed by atoms with van der Waals surface area (Å²) in [4.78, 5) is 17.2. The SMILES string of the molecule is C=CCOc1ccc(/C=C2\SC(=Nc3ccc(Cl)cc3)NC2=O)cc1OC. The molecular formula is C20H17ClN2O3S. The number of thioether (sulfide) groups is 1. The normalized spacial score (nSPS) is 16.4. The van der Waals surface area contributed by atoms with Gasteiger partial charge in [0.05, 0.1) is 17.7 Å². The average Bonchev–Trinajstić information content (AvgIpc) is 3.01. The Bertz CT molecular complexity index is 923. The molecule has 1 N–H and O–H groups in total. The number of carbonyl (C=O) groups excluding carboxylic acids is 1. The molecule has 27 heavy (non-hydrogen) atoms. The minimum atomic E-state index is -0.196. The highest BCUT2D eigenvalue weighted by molar-refractivity contribution is 8.18. The molecule has 1 saturated heterocycles. The van der Waals surface area contributed by atoms with Crippen molar-refractivity contribution < 1.29 is 14.3 Å². The van der Waals surface area contributed by atoms with Crippen molar-refractivity contribution in [3.05, 3.63) is 70.6 Å². The maximum Gasteiger partial charge on any atom is 0.264 e. The summed E-state index contributed by atoms with van der Waals surface area (Å²) >= 11 is 7.15. The van der Waals surface area contributed by atoms with Crippen LogP contribution in [0.1, 0.15) is 5.56 Å². The lowest BCUT2D eigenvalue weighted by molar-refractivity contribution is -0.115. The molecule has 1 amide bonds. The van der Waals surface area contributed by atoms with Gasteiger partial charge >= 0.3 is 0 Å². The van der Waals surface area contributed by atoms with E-state index < -0.39 is 0 Å². The van der Waals surface area contributed by atoms with E-state index >= 15 is 0 Å². The summed E-state index contributed by atoms with van der Waals surface area (Å²) in [6.07, 6.45) is 3.45. The molecule has 3 rings (SSSR count). The number of aliphatic imine (C=N–C) groups is 1. The highest BCUT2D eigenvalue weighted by atomic mass is 35.5. The summed E-state index contributed by atoms with van der Waals surface area (Å²) in [7, 11) is 1.57. The standard InChI is InChI=1S/C20H17ClN2O3S/c1-3-10-26-16-9-4-13(11-17(16)25-2)12-18-19(24)23-20(27-18)22-15-7-5-14(21)6-8-15/h3-9,11-12H,1,10H2,2H3,(H,22,23,24)/b18-12-. The number of methoxy groups -OCH3 is 1. The molecule has 1 aliphatic heterocycles. The molecule has 0 aliphatic carbocycles. The first-order chi connectivity index (χ1) is 13.1. The van der Waals surface area contributed by atoms with Crippen LogP contribution < -0.4 is 14.8 Å². The second-order valence-electron chi connectivity index (χ2n) is 5.47. The number of carbonyl (C=O) groups is 1. The largest absolute Gasteiger partial charge is 0.493 e. The van der Waals surface area contributed by atoms with Crippen molar-refractivity contribution >= 4 is 46.2 Å². The Labute approximate surface area is 166 Å². The molecule has 0 saturated carbocycles. The zero-order valence-corrected chi connectivity index (χ0v) is 16.1. The third-order valence-corrected chi connectivity index (χ3v) is 4.71. The number of benzene rings is 2. The van der Waals surface area contributed by atoms with E-state index in [9.17, 15) is 4.79 Å². The molecule has 1 aliphatic rings. The van der Waals surface area contributed by atoms with Crippen LogP contribution in [0.5, 0.6) is 11.5 Å². The molecule has 138 valence electrons. The molecule has 0 spiro atoms. The van der Waals surface area contributed by atoms with Crippen LogP contribution in [0.4, 0.5) is 5.69 Å². The van der Waals surface area contributed by atoms with E-state index in [-0.39, 0.29) is 5.91 Å². The van der Waals surface area contributed by atoms with E-state index in [1.165, 1.54) is 11.8 Å². The number of hydrogen-bond acceptors (Lipinski definition) is 5. The highest BCUT2D eigenvalue weighted by Gasteiger charge is 2.24. The lowest BCUT2D eigenvalue weighted by atomic mass is 10.2. The molecule has 1 heterocycles. The molecule has 0 aromatic heterocycles. The van der Waals surface area contributed by atoms with Gasteiger partial charge in [-0.15, -0.1) is 0 Å². The van der Waals surface area contributed by atoms with Gasteiger partial charge in [-0.3, -0.25) is 4.79 Å². The third kappa shape index (κ3) is 4.93. The summed E-state index contributed by atoms with van der Waals surface area (Å²) in [6, 6.07) is 12.6. The summed E-state index contributed by atoms with van der Waals surface area (Å²) in [5, 5.41) is 3.92. The first-order valence-corrected chi connectivity index (χ1v) is 9.25. The van der Waals surface area contributed by atoms with E-state index in [0.717, 1.165) is 5.56 Å². The Hall–Kier alpha value is -2.70. The number of rotatable bonds is 6. The van der Waals surface area contributed by atoms with Crippen LogP contribution >= 0.6 is 23.4 Å². The van der Waals surface area contributed by atoms with Crippen LogP contribution in [0.3, 0.4) is 0 Å². The van der Waals surface area contributed by atoms with Gasteiger partial charge in [0.25, 0.3) is 5.91 Å². The molecule has 2 aromatic rings. The zero-order valence-electron chi connectivity index (χ0n) is 14.6. The molecule has 7 heteroatoms. The smallest absolute Gasteiger partial charge is 0.264 e. The molecule has 0 bridgehead atoms. The van der Waals surface area contributed by atoms with Gasteiger partial charge in [-0.25, -0.2) is 4.99 Å². The van der Waals surface area contributed by atoms with Crippen molar-refractivity contribution in [1.82, 2.24) is 5.32 Å². The monoisotopic (exact) mass is 400 g/mol. The van der Waals surface area contributed by atoms with E-state index in [1.54, 1.807) is 49.6 Å². The Morgan fingerprint density at radius 3 is 2.70 bits per heavy atom. The van der Waals surface area contributed by atoms with Crippen molar-refractivity contribution in [3.63, 3.8) is 0 Å². The number of amides is 1. The Morgan fingerprint density at radius 1 is 1.22 bits per heavy atom. The van der Waals surface area contributed by atoms with Crippen LogP contribution in [0.15, 0.2) is 65.0 Å². The molecule has 0 radical (unpaired) electrons. The van der Waals surface area contributed by atoms with Crippen molar-refractivity contribution in [2.24, 2.45) is 4.99 Å². The first kappa shape index (κ1) is 19.1. The fourth-order valence-corrected chi connectivity index (χ4v) is 3.27. The Kier molecular flexibility index (Phi) is 6.21. The van der Waals surface area contributed by atoms with E-state index in [1.807, 2.05) is 12.1 Å². The van der Waals surface area contributed by atoms with Crippen molar-refractivity contribution in [2.75, 3.05) is 13.7 Å². The quantitative estimate of drug-likeness (QED) is 0.558. The number of halogens is 1. The van der Waals surface area contributed by atoms with Crippen molar-refractivity contribution in [3.8, 4) is 11.5 Å². The lowest BCUT2D eigenvalue weighted by Crippen LogP contribution is -2.19. The van der Waals surface area contributed by atoms with Crippen molar-refractivity contribution in [2.45, 2.75) is 0 Å². The average molecular weight is 401 g/mol. The van der Waals surface area contributed by atoms with Gasteiger partial charge in [0, 0.05) is 5.02 Å².